The Kier molecular flexibility index (Phi) is 4.23. The molecule has 0 aromatic rings. The third-order valence-corrected chi connectivity index (χ3v) is 0.883. The van der Waals surface area contributed by atoms with Crippen molar-refractivity contribution in [1.82, 2.24) is 0 Å². The molecule has 0 spiro atoms. The maximum Gasteiger partial charge on any atom is 0.0277 e. The minimum absolute atomic E-state index is 1.07. The molecule has 0 saturated heterocycles. The molecule has 0 amide bonds. The number of hydrogen-bond acceptors (Lipinski definition) is 1. The van der Waals surface area contributed by atoms with Gasteiger partial charge in [0.05, 0.1) is 0 Å². The molecule has 1 nitrogen and oxygen atoms in total. The first kappa shape index (κ1) is 7.41. The summed E-state index contributed by atoms with van der Waals surface area (Å²) in [6.07, 6.45) is 4.03. The molecule has 0 atom stereocenters. The molecule has 0 N–H and O–H groups in total. The van der Waals surface area contributed by atoms with Crippen LogP contribution in [0.5, 0.6) is 0 Å². The fourth-order valence-corrected chi connectivity index (χ4v) is 0.568. The predicted octanol–water partition coefficient (Wildman–Crippen LogP) is 2.04. The molecule has 46 valence electrons. The van der Waals surface area contributed by atoms with E-state index in [9.17, 15) is 0 Å². The Bertz CT molecular complexity index is 92.6. The van der Waals surface area contributed by atoms with Crippen molar-refractivity contribution in [1.29, 1.82) is 0 Å². The molecule has 0 aliphatic carbocycles. The van der Waals surface area contributed by atoms with Crippen molar-refractivity contribution >= 4 is 6.21 Å². The van der Waals surface area contributed by atoms with E-state index in [0.29, 0.717) is 0 Å². The lowest BCUT2D eigenvalue weighted by atomic mass is 10.2. The zero-order valence-electron chi connectivity index (χ0n) is 5.65. The summed E-state index contributed by atoms with van der Waals surface area (Å²) in [5.74, 6) is 0. The van der Waals surface area contributed by atoms with E-state index in [1.165, 1.54) is 0 Å². The lowest BCUT2D eigenvalue weighted by Gasteiger charge is -1.90. The van der Waals surface area contributed by atoms with Crippen LogP contribution in [0.3, 0.4) is 0 Å². The molecular weight excluding hydrogens is 98.1 g/mol. The smallest absolute Gasteiger partial charge is 0.0277 e. The lowest BCUT2D eigenvalue weighted by Crippen LogP contribution is -1.79. The van der Waals surface area contributed by atoms with E-state index >= 15 is 0 Å². The fraction of sp³-hybridized carbons (Fsp3) is 0.571. The summed E-state index contributed by atoms with van der Waals surface area (Å²) in [7, 11) is 1.76. The highest BCUT2D eigenvalue weighted by Gasteiger charge is 1.82. The van der Waals surface area contributed by atoms with Crippen molar-refractivity contribution in [3.8, 4) is 0 Å². The highest BCUT2D eigenvalue weighted by Crippen LogP contribution is 1.96. The van der Waals surface area contributed by atoms with Crippen molar-refractivity contribution < 1.29 is 0 Å². The maximum absolute atomic E-state index is 3.83. The van der Waals surface area contributed by atoms with Crippen LogP contribution in [0, 0.1) is 0 Å². The van der Waals surface area contributed by atoms with Crippen molar-refractivity contribution in [2.45, 2.75) is 19.8 Å². The Hall–Kier alpha value is -0.590. The molecule has 0 bridgehead atoms. The SMILES string of the molecule is C=C(C=NC)CCC. The lowest BCUT2D eigenvalue weighted by molar-refractivity contribution is 0.942. The molecular formula is C7H13N. The van der Waals surface area contributed by atoms with E-state index in [-0.39, 0.29) is 0 Å². The van der Waals surface area contributed by atoms with E-state index in [4.69, 9.17) is 0 Å². The van der Waals surface area contributed by atoms with Gasteiger partial charge in [-0.1, -0.05) is 19.9 Å². The van der Waals surface area contributed by atoms with Gasteiger partial charge in [0, 0.05) is 13.3 Å². The average molecular weight is 111 g/mol. The fourth-order valence-electron chi connectivity index (χ4n) is 0.568. The van der Waals surface area contributed by atoms with Crippen LogP contribution >= 0.6 is 0 Å². The standard InChI is InChI=1S/C7H13N/c1-4-5-7(2)6-8-3/h6H,2,4-5H2,1,3H3. The van der Waals surface area contributed by atoms with Crippen molar-refractivity contribution in [3.63, 3.8) is 0 Å². The average Bonchev–Trinajstić information content (AvgIpc) is 1.68. The van der Waals surface area contributed by atoms with E-state index < -0.39 is 0 Å². The highest BCUT2D eigenvalue weighted by molar-refractivity contribution is 5.77. The molecule has 0 unspecified atom stereocenters. The number of hydrogen-bond donors (Lipinski definition) is 0. The molecule has 0 aliphatic rings. The van der Waals surface area contributed by atoms with Crippen LogP contribution in [0.2, 0.25) is 0 Å². The van der Waals surface area contributed by atoms with Crippen LogP contribution in [-0.4, -0.2) is 13.3 Å². The molecule has 0 rings (SSSR count). The molecule has 0 radical (unpaired) electrons. The Balaban J connectivity index is 3.33. The van der Waals surface area contributed by atoms with Gasteiger partial charge >= 0.3 is 0 Å². The second kappa shape index (κ2) is 4.57. The summed E-state index contributed by atoms with van der Waals surface area (Å²) in [5.41, 5.74) is 1.12. The minimum Gasteiger partial charge on any atom is -0.296 e. The van der Waals surface area contributed by atoms with Crippen LogP contribution in [0.1, 0.15) is 19.8 Å². The molecule has 8 heavy (non-hydrogen) atoms. The Labute approximate surface area is 51.1 Å². The zero-order chi connectivity index (χ0) is 6.41. The maximum atomic E-state index is 3.83. The van der Waals surface area contributed by atoms with Crippen molar-refractivity contribution in [2.75, 3.05) is 7.05 Å². The first-order chi connectivity index (χ1) is 3.81. The first-order valence-corrected chi connectivity index (χ1v) is 2.91. The summed E-state index contributed by atoms with van der Waals surface area (Å²) in [4.78, 5) is 3.83. The second-order valence-electron chi connectivity index (χ2n) is 1.80. The summed E-state index contributed by atoms with van der Waals surface area (Å²) < 4.78 is 0. The Morgan fingerprint density at radius 3 is 2.75 bits per heavy atom. The van der Waals surface area contributed by atoms with Crippen LogP contribution in [-0.2, 0) is 0 Å². The largest absolute Gasteiger partial charge is 0.296 e. The highest BCUT2D eigenvalue weighted by atomic mass is 14.6. The summed E-state index contributed by atoms with van der Waals surface area (Å²) >= 11 is 0. The van der Waals surface area contributed by atoms with Gasteiger partial charge in [-0.25, -0.2) is 0 Å². The molecule has 0 saturated carbocycles. The molecule has 0 aromatic carbocycles. The molecule has 0 fully saturated rings. The van der Waals surface area contributed by atoms with Crippen molar-refractivity contribution in [3.05, 3.63) is 12.2 Å². The van der Waals surface area contributed by atoms with Gasteiger partial charge in [-0.3, -0.25) is 4.99 Å². The topological polar surface area (TPSA) is 12.4 Å². The number of allylic oxidation sites excluding steroid dienone is 1. The van der Waals surface area contributed by atoms with Crippen LogP contribution in [0.25, 0.3) is 0 Å². The van der Waals surface area contributed by atoms with Gasteiger partial charge in [0.2, 0.25) is 0 Å². The van der Waals surface area contributed by atoms with Gasteiger partial charge in [0.15, 0.2) is 0 Å². The van der Waals surface area contributed by atoms with E-state index in [0.717, 1.165) is 18.4 Å². The van der Waals surface area contributed by atoms with Gasteiger partial charge < -0.3 is 0 Å². The van der Waals surface area contributed by atoms with Crippen LogP contribution < -0.4 is 0 Å². The van der Waals surface area contributed by atoms with Gasteiger partial charge in [-0.2, -0.15) is 0 Å². The quantitative estimate of drug-likeness (QED) is 0.494. The molecule has 1 heteroatoms. The third kappa shape index (κ3) is 3.59. The molecule has 0 aliphatic heterocycles. The first-order valence-electron chi connectivity index (χ1n) is 2.91. The van der Waals surface area contributed by atoms with Crippen LogP contribution in [0.15, 0.2) is 17.1 Å². The van der Waals surface area contributed by atoms with Gasteiger partial charge in [0.25, 0.3) is 0 Å². The number of nitrogens with zero attached hydrogens (tertiary/aromatic N) is 1. The molecule has 0 heterocycles. The van der Waals surface area contributed by atoms with Crippen LogP contribution in [0.4, 0.5) is 0 Å². The van der Waals surface area contributed by atoms with Gasteiger partial charge in [-0.05, 0) is 12.0 Å². The summed E-state index contributed by atoms with van der Waals surface area (Å²) in [6.45, 7) is 5.92. The number of rotatable bonds is 3. The Morgan fingerprint density at radius 2 is 2.38 bits per heavy atom. The number of aliphatic imine (C=N–C) groups is 1. The normalized spacial score (nSPS) is 10.2. The minimum atomic E-state index is 1.07. The van der Waals surface area contributed by atoms with E-state index in [1.807, 2.05) is 6.21 Å². The van der Waals surface area contributed by atoms with Gasteiger partial charge in [0.1, 0.15) is 0 Å². The zero-order valence-corrected chi connectivity index (χ0v) is 5.65. The molecule has 0 aromatic heterocycles. The summed E-state index contributed by atoms with van der Waals surface area (Å²) in [5, 5.41) is 0. The van der Waals surface area contributed by atoms with E-state index in [2.05, 4.69) is 18.5 Å². The summed E-state index contributed by atoms with van der Waals surface area (Å²) in [6, 6.07) is 0. The third-order valence-electron chi connectivity index (χ3n) is 0.883. The monoisotopic (exact) mass is 111 g/mol. The van der Waals surface area contributed by atoms with Gasteiger partial charge in [-0.15, -0.1) is 0 Å². The Morgan fingerprint density at radius 1 is 1.75 bits per heavy atom. The van der Waals surface area contributed by atoms with E-state index in [1.54, 1.807) is 7.05 Å². The second-order valence-corrected chi connectivity index (χ2v) is 1.80. The predicted molar refractivity (Wildman–Crippen MR) is 38.5 cm³/mol. The van der Waals surface area contributed by atoms with Crippen molar-refractivity contribution in [2.24, 2.45) is 4.99 Å².